The minimum Gasteiger partial charge on any atom is -0.290 e. The van der Waals surface area contributed by atoms with Crippen molar-refractivity contribution in [1.29, 1.82) is 0 Å². The molecule has 2 N–H and O–H groups in total. The van der Waals surface area contributed by atoms with Crippen LogP contribution in [0.25, 0.3) is 0 Å². The predicted octanol–water partition coefficient (Wildman–Crippen LogP) is -0.387. The van der Waals surface area contributed by atoms with Crippen LogP contribution in [0.4, 0.5) is 0 Å². The van der Waals surface area contributed by atoms with Gasteiger partial charge in [-0.05, 0) is 12.8 Å². The van der Waals surface area contributed by atoms with Crippen molar-refractivity contribution in [3.05, 3.63) is 31.7 Å². The molecule has 1 aliphatic rings. The van der Waals surface area contributed by atoms with Crippen LogP contribution in [0.1, 0.15) is 39.5 Å². The van der Waals surface area contributed by atoms with Gasteiger partial charge in [0.1, 0.15) is 0 Å². The molecule has 92 valence electrons. The van der Waals surface area contributed by atoms with Gasteiger partial charge < -0.3 is 0 Å². The van der Waals surface area contributed by atoms with E-state index >= 15 is 0 Å². The molecular formula is C11H16N4O2. The minimum atomic E-state index is -0.552. The van der Waals surface area contributed by atoms with Crippen LogP contribution in [0.15, 0.2) is 19.6 Å². The summed E-state index contributed by atoms with van der Waals surface area (Å²) in [5.74, 6) is 0. The average Bonchev–Trinajstić information content (AvgIpc) is 2.57. The van der Waals surface area contributed by atoms with Gasteiger partial charge in [-0.2, -0.15) is 0 Å². The molecule has 2 rings (SSSR count). The number of rotatable bonds is 4. The Bertz CT molecular complexity index is 635. The zero-order chi connectivity index (χ0) is 12.5. The van der Waals surface area contributed by atoms with E-state index in [-0.39, 0.29) is 5.36 Å². The number of nitrogens with one attached hydrogen (secondary N) is 2. The lowest BCUT2D eigenvalue weighted by Crippen LogP contribution is -2.46. The van der Waals surface area contributed by atoms with Crippen LogP contribution in [-0.2, 0) is 0 Å². The number of H-pyrrole nitrogens is 2. The maximum atomic E-state index is 11.6. The zero-order valence-electron chi connectivity index (χ0n) is 10.0. The molecule has 0 saturated heterocycles. The van der Waals surface area contributed by atoms with E-state index in [1.807, 2.05) is 0 Å². The fraction of sp³-hybridized carbons (Fsp3) is 0.636. The highest BCUT2D eigenvalue weighted by molar-refractivity contribution is 4.97. The van der Waals surface area contributed by atoms with E-state index in [1.54, 1.807) is 0 Å². The van der Waals surface area contributed by atoms with E-state index in [9.17, 15) is 9.59 Å². The van der Waals surface area contributed by atoms with E-state index < -0.39 is 16.9 Å². The molecule has 0 fully saturated rings. The summed E-state index contributed by atoms with van der Waals surface area (Å²) < 4.78 is 0. The molecule has 0 amide bonds. The second kappa shape index (κ2) is 4.27. The molecule has 1 aliphatic heterocycles. The number of hydrogen-bond donors (Lipinski definition) is 2. The van der Waals surface area contributed by atoms with Crippen LogP contribution in [0, 0.1) is 0 Å². The normalized spacial score (nSPS) is 16.1. The Balaban J connectivity index is 2.65. The van der Waals surface area contributed by atoms with Crippen LogP contribution in [0.2, 0.25) is 0 Å². The summed E-state index contributed by atoms with van der Waals surface area (Å²) in [6.45, 7) is 4.11. The van der Waals surface area contributed by atoms with Gasteiger partial charge in [0.25, 0.3) is 5.56 Å². The average molecular weight is 236 g/mol. The molecule has 2 heterocycles. The highest BCUT2D eigenvalue weighted by Crippen LogP contribution is 2.25. The van der Waals surface area contributed by atoms with Crippen LogP contribution in [-0.4, -0.2) is 15.6 Å². The fourth-order valence-corrected chi connectivity index (χ4v) is 2.24. The highest BCUT2D eigenvalue weighted by atomic mass is 16.2. The molecule has 0 atom stereocenters. The third-order valence-electron chi connectivity index (χ3n) is 2.84. The Morgan fingerprint density at radius 1 is 1.06 bits per heavy atom. The Kier molecular flexibility index (Phi) is 2.95. The molecule has 0 radical (unpaired) electrons. The van der Waals surface area contributed by atoms with Crippen molar-refractivity contribution in [2.45, 2.75) is 45.2 Å². The van der Waals surface area contributed by atoms with Crippen molar-refractivity contribution in [3.8, 4) is 0 Å². The number of nitrogens with zero attached hydrogens (tertiary/aromatic N) is 2. The molecule has 0 bridgehead atoms. The Morgan fingerprint density at radius 2 is 1.71 bits per heavy atom. The highest BCUT2D eigenvalue weighted by Gasteiger charge is 2.30. The van der Waals surface area contributed by atoms with Crippen molar-refractivity contribution in [2.75, 3.05) is 0 Å². The van der Waals surface area contributed by atoms with E-state index in [2.05, 4.69) is 33.8 Å². The predicted molar refractivity (Wildman–Crippen MR) is 62.5 cm³/mol. The molecule has 17 heavy (non-hydrogen) atoms. The van der Waals surface area contributed by atoms with E-state index in [4.69, 9.17) is 0 Å². The topological polar surface area (TPSA) is 90.4 Å². The summed E-state index contributed by atoms with van der Waals surface area (Å²) in [7, 11) is 0. The first-order valence-electron chi connectivity index (χ1n) is 5.92. The fourth-order valence-electron chi connectivity index (χ4n) is 2.24. The van der Waals surface area contributed by atoms with E-state index in [1.165, 1.54) is 0 Å². The Morgan fingerprint density at radius 3 is 2.29 bits per heavy atom. The third-order valence-corrected chi connectivity index (χ3v) is 2.84. The smallest absolute Gasteiger partial charge is 0.290 e. The quantitative estimate of drug-likeness (QED) is 0.745. The molecule has 0 unspecified atom stereocenters. The van der Waals surface area contributed by atoms with Gasteiger partial charge in [-0.1, -0.05) is 26.7 Å². The summed E-state index contributed by atoms with van der Waals surface area (Å²) in [6, 6.07) is 0. The first-order chi connectivity index (χ1) is 8.10. The summed E-state index contributed by atoms with van der Waals surface area (Å²) in [6.07, 6.45) is 3.44. The molecule has 0 aromatic carbocycles. The van der Waals surface area contributed by atoms with Crippen molar-refractivity contribution in [1.82, 2.24) is 9.97 Å². The van der Waals surface area contributed by atoms with Crippen LogP contribution < -0.4 is 22.1 Å². The van der Waals surface area contributed by atoms with Crippen molar-refractivity contribution in [2.24, 2.45) is 9.98 Å². The second-order valence-corrected chi connectivity index (χ2v) is 4.31. The third kappa shape index (κ3) is 2.07. The molecule has 6 nitrogen and oxygen atoms in total. The lowest BCUT2D eigenvalue weighted by atomic mass is 10.0. The van der Waals surface area contributed by atoms with Gasteiger partial charge in [-0.25, -0.2) is 14.8 Å². The van der Waals surface area contributed by atoms with E-state index in [0.717, 1.165) is 25.7 Å². The van der Waals surface area contributed by atoms with Crippen LogP contribution >= 0.6 is 0 Å². The molecule has 6 heteroatoms. The summed E-state index contributed by atoms with van der Waals surface area (Å²) in [5.41, 5.74) is -1.22. The number of aromatic amines is 2. The number of hydrogen-bond acceptors (Lipinski definition) is 4. The van der Waals surface area contributed by atoms with Gasteiger partial charge in [-0.3, -0.25) is 14.8 Å². The minimum absolute atomic E-state index is 0.256. The SMILES string of the molecule is CCCC1(CCC)N=c2[nH]c(=O)[nH]c(=O)c2=N1. The summed E-state index contributed by atoms with van der Waals surface area (Å²) in [4.78, 5) is 36.3. The lowest BCUT2D eigenvalue weighted by molar-refractivity contribution is 0.373. The van der Waals surface area contributed by atoms with Gasteiger partial charge >= 0.3 is 5.69 Å². The first kappa shape index (κ1) is 11.8. The number of aromatic nitrogens is 2. The molecular weight excluding hydrogens is 220 g/mol. The molecule has 0 saturated carbocycles. The number of fused-ring (bicyclic) bond motifs is 1. The standard InChI is InChI=1S/C11H16N4O2/c1-3-5-11(6-4-2)14-7-8(15-11)12-10(17)13-9(7)16/h3-6H2,1-2H3,(H2,12,13,15,16,17). The van der Waals surface area contributed by atoms with Crippen LogP contribution in [0.3, 0.4) is 0 Å². The largest absolute Gasteiger partial charge is 0.327 e. The molecule has 0 spiro atoms. The zero-order valence-corrected chi connectivity index (χ0v) is 10.0. The summed E-state index contributed by atoms with van der Waals surface area (Å²) >= 11 is 0. The molecule has 1 aromatic rings. The van der Waals surface area contributed by atoms with Gasteiger partial charge in [0.2, 0.25) is 0 Å². The van der Waals surface area contributed by atoms with Gasteiger partial charge in [0, 0.05) is 0 Å². The Hall–Kier alpha value is -1.72. The maximum Gasteiger partial charge on any atom is 0.327 e. The first-order valence-corrected chi connectivity index (χ1v) is 5.92. The van der Waals surface area contributed by atoms with Crippen molar-refractivity contribution >= 4 is 0 Å². The van der Waals surface area contributed by atoms with Crippen molar-refractivity contribution < 1.29 is 0 Å². The summed E-state index contributed by atoms with van der Waals surface area (Å²) in [5, 5.41) is 0.256. The maximum absolute atomic E-state index is 11.6. The monoisotopic (exact) mass is 236 g/mol. The van der Waals surface area contributed by atoms with Crippen LogP contribution in [0.5, 0.6) is 0 Å². The second-order valence-electron chi connectivity index (χ2n) is 4.31. The van der Waals surface area contributed by atoms with E-state index in [0.29, 0.717) is 5.49 Å². The van der Waals surface area contributed by atoms with Gasteiger partial charge in [0.05, 0.1) is 0 Å². The lowest BCUT2D eigenvalue weighted by Gasteiger charge is -2.21. The van der Waals surface area contributed by atoms with Gasteiger partial charge in [-0.15, -0.1) is 0 Å². The molecule has 1 aromatic heterocycles. The Labute approximate surface area is 97.5 Å². The van der Waals surface area contributed by atoms with Crippen molar-refractivity contribution in [3.63, 3.8) is 0 Å². The van der Waals surface area contributed by atoms with Gasteiger partial charge in [0.15, 0.2) is 16.5 Å². The molecule has 0 aliphatic carbocycles.